The number of thioether (sulfide) groups is 1. The van der Waals surface area contributed by atoms with Crippen molar-refractivity contribution in [1.82, 2.24) is 25.4 Å². The van der Waals surface area contributed by atoms with Gasteiger partial charge in [0.25, 0.3) is 17.6 Å². The van der Waals surface area contributed by atoms with Crippen LogP contribution >= 0.6 is 34.7 Å². The zero-order valence-corrected chi connectivity index (χ0v) is 27.6. The summed E-state index contributed by atoms with van der Waals surface area (Å²) < 4.78 is 0. The highest BCUT2D eigenvalue weighted by Gasteiger charge is 2.66. The van der Waals surface area contributed by atoms with Crippen molar-refractivity contribution >= 4 is 86.9 Å². The van der Waals surface area contributed by atoms with Crippen LogP contribution in [0.5, 0.6) is 11.5 Å². The number of oxime groups is 1. The number of nitrogens with two attached hydrogens (primary N) is 1. The number of carboxylic acids is 2. The number of aromatic nitrogens is 1. The van der Waals surface area contributed by atoms with Crippen LogP contribution < -0.4 is 16.4 Å². The number of amides is 4. The van der Waals surface area contributed by atoms with Crippen molar-refractivity contribution in [2.24, 2.45) is 5.16 Å². The van der Waals surface area contributed by atoms with Crippen molar-refractivity contribution in [2.45, 2.75) is 48.2 Å². The molecule has 260 valence electrons. The Labute approximate surface area is 288 Å². The van der Waals surface area contributed by atoms with Crippen molar-refractivity contribution in [2.75, 3.05) is 18.8 Å². The molecule has 0 unspecified atom stereocenters. The second-order valence-corrected chi connectivity index (χ2v) is 14.0. The summed E-state index contributed by atoms with van der Waals surface area (Å²) >= 11 is 7.52. The largest absolute Gasteiger partial charge is 0.504 e. The SMILES string of the molecule is CC(C)(O/N=C(\C(=O)N[C@@H]1C(=O)N2C[C@@](C(=O)O)(N3CC[C@H](NC(=O)C(=O)c4ccc(O)c(O)c4Cl)C3=O)S[C@H]12)c1csc(N)n1)C(=O)O. The second-order valence-electron chi connectivity index (χ2n) is 11.4. The molecule has 1 aromatic carbocycles. The third-order valence-corrected chi connectivity index (χ3v) is 10.6. The van der Waals surface area contributed by atoms with Gasteiger partial charge in [0.15, 0.2) is 22.3 Å². The van der Waals surface area contributed by atoms with Crippen LogP contribution in [0.25, 0.3) is 0 Å². The maximum Gasteiger partial charge on any atom is 0.350 e. The Morgan fingerprint density at radius 1 is 1.12 bits per heavy atom. The number of anilines is 1. The first-order valence-electron chi connectivity index (χ1n) is 14.0. The first-order chi connectivity index (χ1) is 22.9. The predicted molar refractivity (Wildman–Crippen MR) is 169 cm³/mol. The Kier molecular flexibility index (Phi) is 9.12. The molecule has 3 saturated heterocycles. The average molecular weight is 740 g/mol. The van der Waals surface area contributed by atoms with E-state index in [4.69, 9.17) is 22.2 Å². The zero-order chi connectivity index (χ0) is 36.2. The molecule has 0 radical (unpaired) electrons. The fourth-order valence-corrected chi connectivity index (χ4v) is 7.51. The number of thiazole rings is 1. The Morgan fingerprint density at radius 3 is 2.43 bits per heavy atom. The van der Waals surface area contributed by atoms with E-state index < -0.39 is 104 Å². The van der Waals surface area contributed by atoms with E-state index in [0.29, 0.717) is 11.8 Å². The van der Waals surface area contributed by atoms with Crippen molar-refractivity contribution < 1.29 is 58.8 Å². The van der Waals surface area contributed by atoms with Crippen LogP contribution in [0.15, 0.2) is 22.7 Å². The summed E-state index contributed by atoms with van der Waals surface area (Å²) in [7, 11) is 0. The molecule has 1 aromatic heterocycles. The number of nitrogen functional groups attached to an aromatic ring is 1. The van der Waals surface area contributed by atoms with Gasteiger partial charge in [-0.1, -0.05) is 28.5 Å². The number of likely N-dealkylation sites (tertiary alicyclic amines) is 1. The van der Waals surface area contributed by atoms with E-state index in [0.717, 1.165) is 33.3 Å². The van der Waals surface area contributed by atoms with E-state index in [1.165, 1.54) is 19.2 Å². The van der Waals surface area contributed by atoms with Gasteiger partial charge >= 0.3 is 11.9 Å². The van der Waals surface area contributed by atoms with E-state index in [1.807, 2.05) is 0 Å². The molecule has 4 atom stereocenters. The Hall–Kier alpha value is -5.15. The van der Waals surface area contributed by atoms with Crippen LogP contribution in [0.3, 0.4) is 0 Å². The highest BCUT2D eigenvalue weighted by molar-refractivity contribution is 8.02. The number of aromatic hydroxyl groups is 2. The minimum Gasteiger partial charge on any atom is -0.504 e. The Balaban J connectivity index is 1.30. The monoisotopic (exact) mass is 739 g/mol. The van der Waals surface area contributed by atoms with E-state index in [-0.39, 0.29) is 23.8 Å². The molecule has 22 heteroatoms. The van der Waals surface area contributed by atoms with Gasteiger partial charge in [0.2, 0.25) is 22.3 Å². The summed E-state index contributed by atoms with van der Waals surface area (Å²) in [5, 5.41) is 47.2. The predicted octanol–water partition coefficient (Wildman–Crippen LogP) is -0.845. The molecule has 19 nitrogen and oxygen atoms in total. The normalized spacial score (nSPS) is 23.5. The second kappa shape index (κ2) is 12.7. The summed E-state index contributed by atoms with van der Waals surface area (Å²) in [5.74, 6) is -9.41. The number of rotatable bonds is 11. The lowest BCUT2D eigenvalue weighted by molar-refractivity contribution is -0.161. The smallest absolute Gasteiger partial charge is 0.350 e. The molecule has 0 spiro atoms. The lowest BCUT2D eigenvalue weighted by Crippen LogP contribution is -2.68. The number of β-lactam (4-membered cyclic amide) rings is 1. The molecule has 3 aliphatic heterocycles. The average Bonchev–Trinajstić information content (AvgIpc) is 3.74. The van der Waals surface area contributed by atoms with Gasteiger partial charge in [0, 0.05) is 11.9 Å². The molecular weight excluding hydrogens is 714 g/mol. The van der Waals surface area contributed by atoms with E-state index in [9.17, 15) is 54.0 Å². The molecule has 3 fully saturated rings. The summed E-state index contributed by atoms with van der Waals surface area (Å²) in [6.07, 6.45) is -0.107. The summed E-state index contributed by atoms with van der Waals surface area (Å²) in [5.41, 5.74) is 2.78. The zero-order valence-electron chi connectivity index (χ0n) is 25.2. The number of ketones is 1. The minimum atomic E-state index is -2.04. The number of fused-ring (bicyclic) bond motifs is 1. The number of Topliss-reactive ketones (excluding diaryl/α,β-unsaturated/α-hetero) is 1. The van der Waals surface area contributed by atoms with Gasteiger partial charge in [0.1, 0.15) is 23.2 Å². The Morgan fingerprint density at radius 2 is 1.82 bits per heavy atom. The maximum absolute atomic E-state index is 13.4. The van der Waals surface area contributed by atoms with Crippen molar-refractivity contribution in [3.63, 3.8) is 0 Å². The molecular formula is C27H26ClN7O12S2. The topological polar surface area (TPSA) is 291 Å². The number of hydrogen-bond acceptors (Lipinski definition) is 15. The summed E-state index contributed by atoms with van der Waals surface area (Å²) in [6, 6.07) is -0.700. The third-order valence-electron chi connectivity index (χ3n) is 7.82. The highest BCUT2D eigenvalue weighted by atomic mass is 35.5. The van der Waals surface area contributed by atoms with Crippen molar-refractivity contribution in [3.05, 3.63) is 33.8 Å². The third kappa shape index (κ3) is 6.15. The van der Waals surface area contributed by atoms with E-state index in [1.54, 1.807) is 0 Å². The van der Waals surface area contributed by atoms with Gasteiger partial charge in [-0.2, -0.15) is 0 Å². The van der Waals surface area contributed by atoms with Gasteiger partial charge < -0.3 is 51.4 Å². The van der Waals surface area contributed by atoms with Crippen molar-refractivity contribution in [3.8, 4) is 11.5 Å². The molecule has 2 aromatic rings. The van der Waals surface area contributed by atoms with Gasteiger partial charge in [-0.05, 0) is 32.4 Å². The van der Waals surface area contributed by atoms with E-state index >= 15 is 0 Å². The quantitative estimate of drug-likeness (QED) is 0.0369. The minimum absolute atomic E-state index is 0.0501. The molecule has 5 rings (SSSR count). The number of phenols is 2. The lowest BCUT2D eigenvalue weighted by Gasteiger charge is -2.41. The highest BCUT2D eigenvalue weighted by Crippen LogP contribution is 2.50. The first kappa shape index (κ1) is 35.2. The van der Waals surface area contributed by atoms with Gasteiger partial charge in [0.05, 0.1) is 17.1 Å². The number of hydrogen-bond donors (Lipinski definition) is 7. The lowest BCUT2D eigenvalue weighted by atomic mass is 10.1. The number of nitrogens with one attached hydrogen (secondary N) is 2. The molecule has 0 saturated carbocycles. The summed E-state index contributed by atoms with van der Waals surface area (Å²) in [6.45, 7) is 1.70. The standard InChI is InChI=1S/C27H26ClN7O12S2/c1-26(2,23(43)44)47-33-14(11-7-48-25(29)31-11)18(39)32-15-21(42)34-8-27(24(45)46,49-22(15)34)35-6-5-10(20(35)41)30-19(40)16(37)9-3-4-12(36)17(38)13(9)28/h3-4,7,10,15,22,36,38H,5-6,8H2,1-2H3,(H2,29,31)(H,30,40)(H,32,39)(H,43,44)(H,45,46)/b33-14-/t10-,15+,22+,27+/m0/s1. The molecule has 8 N–H and O–H groups in total. The molecule has 4 amide bonds. The van der Waals surface area contributed by atoms with Crippen LogP contribution in [0.1, 0.15) is 36.3 Å². The number of benzene rings is 1. The number of phenolic OH excluding ortho intramolecular Hbond substituents is 2. The van der Waals surface area contributed by atoms with Crippen LogP contribution in [0, 0.1) is 0 Å². The Bertz CT molecular complexity index is 1850. The first-order valence-corrected chi connectivity index (χ1v) is 16.1. The molecule has 3 aliphatic rings. The maximum atomic E-state index is 13.4. The van der Waals surface area contributed by atoms with Crippen LogP contribution in [-0.2, 0) is 33.6 Å². The van der Waals surface area contributed by atoms with Crippen LogP contribution in [0.2, 0.25) is 5.02 Å². The van der Waals surface area contributed by atoms with Gasteiger partial charge in [-0.25, -0.2) is 14.6 Å². The van der Waals surface area contributed by atoms with Gasteiger partial charge in [-0.15, -0.1) is 11.3 Å². The number of aliphatic carboxylic acids is 2. The number of carbonyl (C=O) groups is 7. The van der Waals surface area contributed by atoms with Gasteiger partial charge in [-0.3, -0.25) is 24.0 Å². The number of nitrogens with zero attached hydrogens (tertiary/aromatic N) is 4. The van der Waals surface area contributed by atoms with Crippen LogP contribution in [0.4, 0.5) is 5.13 Å². The summed E-state index contributed by atoms with van der Waals surface area (Å²) in [4.78, 5) is 98.6. The fourth-order valence-electron chi connectivity index (χ4n) is 5.06. The molecule has 49 heavy (non-hydrogen) atoms. The number of halogens is 1. The van der Waals surface area contributed by atoms with Crippen molar-refractivity contribution in [1.29, 1.82) is 0 Å². The molecule has 4 heterocycles. The molecule has 0 bridgehead atoms. The number of carbonyl (C=O) groups excluding carboxylic acids is 5. The van der Waals surface area contributed by atoms with E-state index in [2.05, 4.69) is 20.8 Å². The number of carboxylic acid groups (broad SMARTS) is 2. The van der Waals surface area contributed by atoms with Crippen LogP contribution in [-0.4, -0.2) is 123 Å². The molecule has 0 aliphatic carbocycles. The fraction of sp³-hybridized carbons (Fsp3) is 0.370.